The van der Waals surface area contributed by atoms with Gasteiger partial charge in [-0.2, -0.15) is 0 Å². The highest BCUT2D eigenvalue weighted by Gasteiger charge is 2.35. The fourth-order valence-electron chi connectivity index (χ4n) is 2.42. The Morgan fingerprint density at radius 2 is 2.09 bits per heavy atom. The third-order valence-corrected chi connectivity index (χ3v) is 4.80. The summed E-state index contributed by atoms with van der Waals surface area (Å²) in [5.74, 6) is -0.141. The van der Waals surface area contributed by atoms with Crippen molar-refractivity contribution in [2.45, 2.75) is 31.7 Å². The second-order valence-corrected chi connectivity index (χ2v) is 6.43. The maximum absolute atomic E-state index is 12.0. The molecule has 0 saturated carbocycles. The summed E-state index contributed by atoms with van der Waals surface area (Å²) < 4.78 is 11.7. The van der Waals surface area contributed by atoms with Gasteiger partial charge in [0, 0.05) is 37.8 Å². The molecule has 126 valence electrons. The number of aromatic amines is 1. The minimum atomic E-state index is -0.562. The summed E-state index contributed by atoms with van der Waals surface area (Å²) in [6.07, 6.45) is 1.88. The van der Waals surface area contributed by atoms with Crippen molar-refractivity contribution in [1.29, 1.82) is 0 Å². The van der Waals surface area contributed by atoms with Crippen LogP contribution in [0.5, 0.6) is 0 Å². The number of aromatic nitrogens is 2. The van der Waals surface area contributed by atoms with Crippen LogP contribution in [0.15, 0.2) is 21.9 Å². The van der Waals surface area contributed by atoms with Gasteiger partial charge in [-0.05, 0) is 6.42 Å². The molecule has 1 aromatic rings. The minimum absolute atomic E-state index is 0.0273. The third kappa shape index (κ3) is 4.72. The molecule has 0 amide bonds. The summed E-state index contributed by atoms with van der Waals surface area (Å²) >= 11 is 1.38. The number of hydrogen-bond acceptors (Lipinski definition) is 7. The second-order valence-electron chi connectivity index (χ2n) is 5.30. The van der Waals surface area contributed by atoms with Crippen LogP contribution in [0.4, 0.5) is 0 Å². The zero-order valence-electron chi connectivity index (χ0n) is 12.8. The van der Waals surface area contributed by atoms with E-state index in [1.165, 1.54) is 42.4 Å². The monoisotopic (exact) mass is 342 g/mol. The summed E-state index contributed by atoms with van der Waals surface area (Å²) in [5.41, 5.74) is -1.59. The Morgan fingerprint density at radius 3 is 2.70 bits per heavy atom. The number of esters is 2. The molecule has 1 aromatic heterocycles. The van der Waals surface area contributed by atoms with Gasteiger partial charge in [-0.15, -0.1) is 11.8 Å². The molecule has 0 spiro atoms. The number of carbonyl (C=O) groups excluding carboxylic acids is 2. The van der Waals surface area contributed by atoms with Crippen LogP contribution >= 0.6 is 11.8 Å². The highest BCUT2D eigenvalue weighted by molar-refractivity contribution is 7.99. The van der Waals surface area contributed by atoms with Gasteiger partial charge in [0.15, 0.2) is 5.44 Å². The van der Waals surface area contributed by atoms with E-state index in [9.17, 15) is 19.2 Å². The lowest BCUT2D eigenvalue weighted by Crippen LogP contribution is -2.41. The van der Waals surface area contributed by atoms with Gasteiger partial charge >= 0.3 is 17.6 Å². The lowest BCUT2D eigenvalue weighted by molar-refractivity contribution is -0.144. The van der Waals surface area contributed by atoms with Gasteiger partial charge in [-0.25, -0.2) is 4.79 Å². The van der Waals surface area contributed by atoms with Crippen molar-refractivity contribution >= 4 is 23.7 Å². The predicted molar refractivity (Wildman–Crippen MR) is 83.1 cm³/mol. The van der Waals surface area contributed by atoms with E-state index in [4.69, 9.17) is 9.47 Å². The maximum Gasteiger partial charge on any atom is 0.328 e. The average molecular weight is 342 g/mol. The Bertz CT molecular complexity index is 697. The van der Waals surface area contributed by atoms with E-state index in [1.54, 1.807) is 0 Å². The lowest BCUT2D eigenvalue weighted by Gasteiger charge is -2.35. The number of carbonyl (C=O) groups is 2. The fraction of sp³-hybridized carbons (Fsp3) is 0.571. The SMILES string of the molecule is CC(=O)OC[C@@H]1CS[C@H](OC(C)=O)[C@H](n2ccc(=O)[nH]c2=O)C1. The molecule has 1 aliphatic rings. The van der Waals surface area contributed by atoms with Crippen LogP contribution in [0.1, 0.15) is 26.3 Å². The van der Waals surface area contributed by atoms with Gasteiger partial charge < -0.3 is 9.47 Å². The zero-order valence-corrected chi connectivity index (χ0v) is 13.6. The number of H-pyrrole nitrogens is 1. The van der Waals surface area contributed by atoms with E-state index in [1.807, 2.05) is 0 Å². The van der Waals surface area contributed by atoms with E-state index in [0.29, 0.717) is 12.2 Å². The average Bonchev–Trinajstić information content (AvgIpc) is 2.46. The van der Waals surface area contributed by atoms with E-state index in [0.717, 1.165) is 0 Å². The number of nitrogens with zero attached hydrogens (tertiary/aromatic N) is 1. The Labute approximate surface area is 136 Å². The Balaban J connectivity index is 2.23. The third-order valence-electron chi connectivity index (χ3n) is 3.40. The molecule has 0 aliphatic carbocycles. The highest BCUT2D eigenvalue weighted by Crippen LogP contribution is 2.37. The van der Waals surface area contributed by atoms with Gasteiger partial charge in [0.2, 0.25) is 0 Å². The first-order valence-corrected chi connectivity index (χ1v) is 8.15. The molecule has 1 N–H and O–H groups in total. The van der Waals surface area contributed by atoms with Crippen molar-refractivity contribution in [3.8, 4) is 0 Å². The molecule has 0 radical (unpaired) electrons. The van der Waals surface area contributed by atoms with Gasteiger partial charge in [0.25, 0.3) is 5.56 Å². The first kappa shape index (κ1) is 17.3. The zero-order chi connectivity index (χ0) is 17.0. The lowest BCUT2D eigenvalue weighted by atomic mass is 10.0. The van der Waals surface area contributed by atoms with E-state index < -0.39 is 28.7 Å². The Morgan fingerprint density at radius 1 is 1.35 bits per heavy atom. The maximum atomic E-state index is 12.0. The minimum Gasteiger partial charge on any atom is -0.466 e. The molecular weight excluding hydrogens is 324 g/mol. The number of ether oxygens (including phenoxy) is 2. The van der Waals surface area contributed by atoms with Crippen LogP contribution in [-0.2, 0) is 19.1 Å². The molecule has 0 unspecified atom stereocenters. The molecule has 1 saturated heterocycles. The summed E-state index contributed by atoms with van der Waals surface area (Å²) in [6.45, 7) is 2.88. The van der Waals surface area contributed by atoms with Crippen LogP contribution in [0.25, 0.3) is 0 Å². The Hall–Kier alpha value is -2.03. The van der Waals surface area contributed by atoms with Crippen molar-refractivity contribution in [3.05, 3.63) is 33.1 Å². The molecule has 0 bridgehead atoms. The first-order chi connectivity index (χ1) is 10.9. The molecule has 1 aliphatic heterocycles. The Kier molecular flexibility index (Phi) is 5.64. The van der Waals surface area contributed by atoms with Crippen LogP contribution in [-0.4, -0.2) is 39.3 Å². The smallest absolute Gasteiger partial charge is 0.328 e. The van der Waals surface area contributed by atoms with Gasteiger partial charge in [0.05, 0.1) is 12.6 Å². The number of rotatable bonds is 4. The van der Waals surface area contributed by atoms with Gasteiger partial charge in [-0.1, -0.05) is 0 Å². The largest absolute Gasteiger partial charge is 0.466 e. The molecule has 2 heterocycles. The van der Waals surface area contributed by atoms with Gasteiger partial charge in [0.1, 0.15) is 0 Å². The summed E-state index contributed by atoms with van der Waals surface area (Å²) in [7, 11) is 0. The van der Waals surface area contributed by atoms with Crippen molar-refractivity contribution in [2.24, 2.45) is 5.92 Å². The topological polar surface area (TPSA) is 107 Å². The predicted octanol–water partition coefficient (Wildman–Crippen LogP) is 0.283. The molecule has 8 nitrogen and oxygen atoms in total. The number of nitrogens with one attached hydrogen (secondary N) is 1. The second kappa shape index (κ2) is 7.49. The standard InChI is InChI=1S/C14H18N2O6S/c1-8(17)21-6-10-5-11(13(23-7-10)22-9(2)18)16-4-3-12(19)15-14(16)20/h3-4,10-11,13H,5-7H2,1-2H3,(H,15,19,20)/t10-,11-,13+/m1/s1. The van der Waals surface area contributed by atoms with Crippen molar-refractivity contribution in [1.82, 2.24) is 9.55 Å². The van der Waals surface area contributed by atoms with E-state index in [2.05, 4.69) is 4.98 Å². The van der Waals surface area contributed by atoms with Crippen LogP contribution in [0.2, 0.25) is 0 Å². The molecule has 23 heavy (non-hydrogen) atoms. The molecule has 9 heteroatoms. The highest BCUT2D eigenvalue weighted by atomic mass is 32.2. The molecular formula is C14H18N2O6S. The van der Waals surface area contributed by atoms with Crippen molar-refractivity contribution < 1.29 is 19.1 Å². The van der Waals surface area contributed by atoms with Crippen LogP contribution < -0.4 is 11.2 Å². The summed E-state index contributed by atoms with van der Waals surface area (Å²) in [5, 5.41) is 0. The van der Waals surface area contributed by atoms with Gasteiger partial charge in [-0.3, -0.25) is 23.9 Å². The normalized spacial score (nSPS) is 24.0. The molecule has 0 aromatic carbocycles. The van der Waals surface area contributed by atoms with Crippen LogP contribution in [0, 0.1) is 5.92 Å². The van der Waals surface area contributed by atoms with E-state index in [-0.39, 0.29) is 18.5 Å². The number of thioether (sulfide) groups is 1. The number of hydrogen-bond donors (Lipinski definition) is 1. The van der Waals surface area contributed by atoms with Crippen molar-refractivity contribution in [2.75, 3.05) is 12.4 Å². The molecule has 1 fully saturated rings. The van der Waals surface area contributed by atoms with E-state index >= 15 is 0 Å². The first-order valence-electron chi connectivity index (χ1n) is 7.10. The van der Waals surface area contributed by atoms with Crippen LogP contribution in [0.3, 0.4) is 0 Å². The quantitative estimate of drug-likeness (QED) is 0.783. The molecule has 3 atom stereocenters. The summed E-state index contributed by atoms with van der Waals surface area (Å²) in [6, 6.07) is 0.801. The molecule has 2 rings (SSSR count). The summed E-state index contributed by atoms with van der Waals surface area (Å²) in [4.78, 5) is 47.6. The van der Waals surface area contributed by atoms with Crippen molar-refractivity contribution in [3.63, 3.8) is 0 Å². The fourth-order valence-corrected chi connectivity index (χ4v) is 3.79.